The molecule has 3 nitrogen and oxygen atoms in total. The second-order valence-corrected chi connectivity index (χ2v) is 4.92. The molecule has 1 fully saturated rings. The van der Waals surface area contributed by atoms with Crippen LogP contribution in [0.3, 0.4) is 0 Å². The van der Waals surface area contributed by atoms with E-state index in [1.165, 1.54) is 19.3 Å². The van der Waals surface area contributed by atoms with E-state index < -0.39 is 0 Å². The molecular formula is C14H23NO2. The molecule has 0 aromatic carbocycles. The quantitative estimate of drug-likeness (QED) is 0.753. The molecule has 1 aliphatic rings. The Kier molecular flexibility index (Phi) is 4.63. The van der Waals surface area contributed by atoms with Gasteiger partial charge in [0.2, 0.25) is 0 Å². The maximum Gasteiger partial charge on any atom is 0.129 e. The van der Waals surface area contributed by atoms with Crippen molar-refractivity contribution >= 4 is 0 Å². The average Bonchev–Trinajstić information content (AvgIpc) is 3.03. The monoisotopic (exact) mass is 237 g/mol. The van der Waals surface area contributed by atoms with E-state index in [2.05, 4.69) is 18.3 Å². The van der Waals surface area contributed by atoms with Crippen molar-refractivity contribution < 1.29 is 9.15 Å². The van der Waals surface area contributed by atoms with Gasteiger partial charge in [0.1, 0.15) is 18.1 Å². The summed E-state index contributed by atoms with van der Waals surface area (Å²) < 4.78 is 10.9. The Morgan fingerprint density at radius 1 is 1.47 bits per heavy atom. The Morgan fingerprint density at radius 3 is 2.94 bits per heavy atom. The maximum absolute atomic E-state index is 5.82. The highest BCUT2D eigenvalue weighted by Gasteiger charge is 2.27. The van der Waals surface area contributed by atoms with Crippen LogP contribution in [-0.2, 0) is 11.3 Å². The van der Waals surface area contributed by atoms with Gasteiger partial charge in [-0.25, -0.2) is 0 Å². The summed E-state index contributed by atoms with van der Waals surface area (Å²) in [6.07, 6.45) is 5.14. The van der Waals surface area contributed by atoms with Crippen LogP contribution >= 0.6 is 0 Å². The third kappa shape index (κ3) is 3.86. The summed E-state index contributed by atoms with van der Waals surface area (Å²) in [7, 11) is 1.69. The Labute approximate surface area is 104 Å². The Morgan fingerprint density at radius 2 is 2.29 bits per heavy atom. The smallest absolute Gasteiger partial charge is 0.129 e. The van der Waals surface area contributed by atoms with Crippen LogP contribution in [0.2, 0.25) is 0 Å². The topological polar surface area (TPSA) is 34.4 Å². The molecular weight excluding hydrogens is 214 g/mol. The number of nitrogens with one attached hydrogen (secondary N) is 1. The zero-order chi connectivity index (χ0) is 12.1. The van der Waals surface area contributed by atoms with Crippen molar-refractivity contribution in [3.8, 4) is 0 Å². The number of hydrogen-bond donors (Lipinski definition) is 1. The molecule has 96 valence electrons. The standard InChI is InChI=1S/C14H23NO2/c1-3-8-15-13(9-11-4-5-11)14-7-6-12(17-14)10-16-2/h6-7,11,13,15H,3-5,8-10H2,1-2H3. The molecule has 1 aliphatic carbocycles. The van der Waals surface area contributed by atoms with Crippen LogP contribution < -0.4 is 5.32 Å². The van der Waals surface area contributed by atoms with Crippen molar-refractivity contribution in [3.63, 3.8) is 0 Å². The van der Waals surface area contributed by atoms with Crippen molar-refractivity contribution in [2.45, 2.75) is 45.3 Å². The molecule has 1 aromatic heterocycles. The fourth-order valence-corrected chi connectivity index (χ4v) is 2.11. The highest BCUT2D eigenvalue weighted by Crippen LogP contribution is 2.38. The summed E-state index contributed by atoms with van der Waals surface area (Å²) in [5, 5.41) is 3.58. The van der Waals surface area contributed by atoms with Crippen LogP contribution in [-0.4, -0.2) is 13.7 Å². The minimum absolute atomic E-state index is 0.382. The summed E-state index contributed by atoms with van der Waals surface area (Å²) in [5.41, 5.74) is 0. The molecule has 1 saturated carbocycles. The van der Waals surface area contributed by atoms with Gasteiger partial charge in [0.05, 0.1) is 6.04 Å². The largest absolute Gasteiger partial charge is 0.462 e. The zero-order valence-corrected chi connectivity index (χ0v) is 10.9. The second-order valence-electron chi connectivity index (χ2n) is 4.92. The van der Waals surface area contributed by atoms with Gasteiger partial charge in [0, 0.05) is 7.11 Å². The van der Waals surface area contributed by atoms with Gasteiger partial charge in [-0.3, -0.25) is 0 Å². The van der Waals surface area contributed by atoms with Crippen molar-refractivity contribution in [2.75, 3.05) is 13.7 Å². The minimum Gasteiger partial charge on any atom is -0.462 e. The number of methoxy groups -OCH3 is 1. The van der Waals surface area contributed by atoms with Crippen LogP contribution in [0.4, 0.5) is 0 Å². The summed E-state index contributed by atoms with van der Waals surface area (Å²) in [4.78, 5) is 0. The van der Waals surface area contributed by atoms with E-state index in [0.717, 1.165) is 30.4 Å². The van der Waals surface area contributed by atoms with E-state index in [1.54, 1.807) is 7.11 Å². The van der Waals surface area contributed by atoms with Crippen molar-refractivity contribution in [1.82, 2.24) is 5.32 Å². The summed E-state index contributed by atoms with van der Waals surface area (Å²) in [6, 6.07) is 4.49. The van der Waals surface area contributed by atoms with Crippen molar-refractivity contribution in [1.29, 1.82) is 0 Å². The molecule has 1 atom stereocenters. The Bertz CT molecular complexity index is 331. The van der Waals surface area contributed by atoms with Crippen LogP contribution in [0.25, 0.3) is 0 Å². The first kappa shape index (κ1) is 12.7. The molecule has 0 saturated heterocycles. The molecule has 1 heterocycles. The number of ether oxygens (including phenoxy) is 1. The van der Waals surface area contributed by atoms with Gasteiger partial charge in [-0.05, 0) is 37.4 Å². The molecule has 2 rings (SSSR count). The molecule has 3 heteroatoms. The maximum atomic E-state index is 5.82. The lowest BCUT2D eigenvalue weighted by Crippen LogP contribution is -2.22. The predicted molar refractivity (Wildman–Crippen MR) is 67.8 cm³/mol. The van der Waals surface area contributed by atoms with Gasteiger partial charge in [-0.2, -0.15) is 0 Å². The fraction of sp³-hybridized carbons (Fsp3) is 0.714. The van der Waals surface area contributed by atoms with E-state index in [0.29, 0.717) is 12.6 Å². The van der Waals surface area contributed by atoms with E-state index in [9.17, 15) is 0 Å². The first-order valence-corrected chi connectivity index (χ1v) is 6.64. The van der Waals surface area contributed by atoms with Gasteiger partial charge >= 0.3 is 0 Å². The van der Waals surface area contributed by atoms with Crippen LogP contribution in [0.15, 0.2) is 16.5 Å². The number of hydrogen-bond acceptors (Lipinski definition) is 3. The molecule has 1 unspecified atom stereocenters. The lowest BCUT2D eigenvalue weighted by molar-refractivity contribution is 0.161. The third-order valence-electron chi connectivity index (χ3n) is 3.22. The summed E-state index contributed by atoms with van der Waals surface area (Å²) in [6.45, 7) is 3.81. The Balaban J connectivity index is 1.95. The van der Waals surface area contributed by atoms with E-state index >= 15 is 0 Å². The van der Waals surface area contributed by atoms with E-state index in [4.69, 9.17) is 9.15 Å². The minimum atomic E-state index is 0.382. The first-order valence-electron chi connectivity index (χ1n) is 6.64. The second kappa shape index (κ2) is 6.22. The normalized spacial score (nSPS) is 17.3. The van der Waals surface area contributed by atoms with Crippen molar-refractivity contribution in [3.05, 3.63) is 23.7 Å². The molecule has 0 aliphatic heterocycles. The number of rotatable bonds is 8. The van der Waals surface area contributed by atoms with Gasteiger partial charge < -0.3 is 14.5 Å². The molecule has 17 heavy (non-hydrogen) atoms. The van der Waals surface area contributed by atoms with Gasteiger partial charge in [-0.1, -0.05) is 19.8 Å². The fourth-order valence-electron chi connectivity index (χ4n) is 2.11. The van der Waals surface area contributed by atoms with Crippen molar-refractivity contribution in [2.24, 2.45) is 5.92 Å². The zero-order valence-electron chi connectivity index (χ0n) is 10.9. The lowest BCUT2D eigenvalue weighted by Gasteiger charge is -2.15. The van der Waals surface area contributed by atoms with E-state index in [1.807, 2.05) is 6.07 Å². The molecule has 0 spiro atoms. The van der Waals surface area contributed by atoms with Gasteiger partial charge in [0.25, 0.3) is 0 Å². The number of furan rings is 1. The molecule has 0 bridgehead atoms. The summed E-state index contributed by atoms with van der Waals surface area (Å²) in [5.74, 6) is 2.89. The SMILES string of the molecule is CCCNC(CC1CC1)c1ccc(COC)o1. The molecule has 0 amide bonds. The summed E-state index contributed by atoms with van der Waals surface area (Å²) >= 11 is 0. The van der Waals surface area contributed by atoms with E-state index in [-0.39, 0.29) is 0 Å². The third-order valence-corrected chi connectivity index (χ3v) is 3.22. The highest BCUT2D eigenvalue weighted by molar-refractivity contribution is 5.11. The van der Waals surface area contributed by atoms with Gasteiger partial charge in [0.15, 0.2) is 0 Å². The first-order chi connectivity index (χ1) is 8.33. The highest BCUT2D eigenvalue weighted by atomic mass is 16.5. The molecule has 1 aromatic rings. The molecule has 0 radical (unpaired) electrons. The Hall–Kier alpha value is -0.800. The van der Waals surface area contributed by atoms with Crippen LogP contribution in [0, 0.1) is 5.92 Å². The van der Waals surface area contributed by atoms with Crippen LogP contribution in [0.5, 0.6) is 0 Å². The van der Waals surface area contributed by atoms with Gasteiger partial charge in [-0.15, -0.1) is 0 Å². The van der Waals surface area contributed by atoms with Crippen LogP contribution in [0.1, 0.15) is 50.2 Å². The average molecular weight is 237 g/mol. The predicted octanol–water partition coefficient (Wildman–Crippen LogP) is 3.27. The molecule has 1 N–H and O–H groups in total. The lowest BCUT2D eigenvalue weighted by atomic mass is 10.1.